The van der Waals surface area contributed by atoms with E-state index in [9.17, 15) is 49.7 Å². The lowest BCUT2D eigenvalue weighted by Crippen LogP contribution is -2.64. The lowest BCUT2D eigenvalue weighted by atomic mass is 9.85. The summed E-state index contributed by atoms with van der Waals surface area (Å²) < 4.78 is 33.3. The molecule has 1 aliphatic rings. The van der Waals surface area contributed by atoms with Gasteiger partial charge in [0, 0.05) is 12.8 Å². The number of aliphatic hydroxyl groups excluding tert-OH is 6. The van der Waals surface area contributed by atoms with Gasteiger partial charge < -0.3 is 45.0 Å². The van der Waals surface area contributed by atoms with Crippen molar-refractivity contribution < 1.29 is 68.2 Å². The van der Waals surface area contributed by atoms with Crippen molar-refractivity contribution in [2.45, 2.75) is 172 Å². The number of phosphoric acid groups is 1. The first-order chi connectivity index (χ1) is 31.8. The molecule has 1 aliphatic carbocycles. The van der Waals surface area contributed by atoms with E-state index in [2.05, 4.69) is 92.8 Å². The molecule has 15 heteroatoms. The Morgan fingerprint density at radius 2 is 1.03 bits per heavy atom. The van der Waals surface area contributed by atoms with Gasteiger partial charge in [-0.3, -0.25) is 18.6 Å². The average Bonchev–Trinajstić information content (AvgIpc) is 3.30. The molecule has 0 saturated heterocycles. The van der Waals surface area contributed by atoms with Crippen LogP contribution in [0.25, 0.3) is 0 Å². The maximum Gasteiger partial charge on any atom is 0.472 e. The topological polar surface area (TPSA) is 230 Å². The third-order valence-corrected chi connectivity index (χ3v) is 10.9. The van der Waals surface area contributed by atoms with E-state index in [1.165, 1.54) is 25.3 Å². The van der Waals surface area contributed by atoms with Crippen LogP contribution < -0.4 is 0 Å². The minimum absolute atomic E-state index is 0.0273. The number of allylic oxidation sites excluding steroid dienone is 19. The molecule has 4 unspecified atom stereocenters. The van der Waals surface area contributed by atoms with Crippen LogP contribution in [-0.2, 0) is 32.7 Å². The van der Waals surface area contributed by atoms with Crippen molar-refractivity contribution >= 4 is 19.8 Å². The van der Waals surface area contributed by atoms with Crippen LogP contribution in [-0.4, -0.2) is 110 Å². The summed E-state index contributed by atoms with van der Waals surface area (Å²) in [6, 6.07) is 0. The standard InChI is InChI=1S/C51H79O14P/c1-3-5-7-9-11-13-15-17-19-21-23-25-27-29-31-33-35-37-44(53)62-40-43(41-63-66(60,61)65-51-49(58)47(56)46(55)48(57)50(51)59)64-45(54)39-38-42(52)36-34-32-30-28-26-24-22-20-18-16-14-12-10-8-6-4-2/h6,8,11-14,17-20,23-26,29-32,34,36,42-43,46-52,55-59H,3-5,7,9-10,15-16,21-22,27-28,33,35,37-41H2,1-2H3,(H,60,61)/b8-6-,13-11-,14-12-,19-17-,20-18-,25-23-,26-24-,31-29-,32-30-,36-34-/t42?,43-,46?,47-,48+,49-,50-,51?/m1/s1. The zero-order valence-corrected chi connectivity index (χ0v) is 39.9. The number of carbonyl (C=O) groups is 2. The van der Waals surface area contributed by atoms with E-state index in [0.29, 0.717) is 19.3 Å². The molecule has 1 rings (SSSR count). The van der Waals surface area contributed by atoms with Gasteiger partial charge in [0.15, 0.2) is 6.10 Å². The molecule has 0 spiro atoms. The second-order valence-electron chi connectivity index (χ2n) is 15.7. The number of rotatable bonds is 36. The van der Waals surface area contributed by atoms with E-state index < -0.39 is 81.8 Å². The second-order valence-corrected chi connectivity index (χ2v) is 17.1. The van der Waals surface area contributed by atoms with Crippen molar-refractivity contribution in [1.82, 2.24) is 0 Å². The Labute approximate surface area is 393 Å². The highest BCUT2D eigenvalue weighted by molar-refractivity contribution is 7.47. The van der Waals surface area contributed by atoms with Gasteiger partial charge in [-0.2, -0.15) is 0 Å². The van der Waals surface area contributed by atoms with Crippen molar-refractivity contribution in [3.63, 3.8) is 0 Å². The number of unbranched alkanes of at least 4 members (excludes halogenated alkanes) is 4. The van der Waals surface area contributed by atoms with Gasteiger partial charge >= 0.3 is 19.8 Å². The first-order valence-electron chi connectivity index (χ1n) is 23.4. The summed E-state index contributed by atoms with van der Waals surface area (Å²) in [5, 5.41) is 60.6. The number of esters is 2. The minimum Gasteiger partial charge on any atom is -0.462 e. The summed E-state index contributed by atoms with van der Waals surface area (Å²) in [4.78, 5) is 35.7. The summed E-state index contributed by atoms with van der Waals surface area (Å²) in [5.41, 5.74) is 0. The predicted octanol–water partition coefficient (Wildman–Crippen LogP) is 8.36. The average molecular weight is 947 g/mol. The van der Waals surface area contributed by atoms with E-state index >= 15 is 0 Å². The molecule has 0 aromatic rings. The van der Waals surface area contributed by atoms with E-state index in [1.807, 2.05) is 24.3 Å². The van der Waals surface area contributed by atoms with Crippen LogP contribution in [0.4, 0.5) is 0 Å². The van der Waals surface area contributed by atoms with Crippen LogP contribution in [0.3, 0.4) is 0 Å². The molecule has 1 fully saturated rings. The Bertz CT molecular complexity index is 1630. The van der Waals surface area contributed by atoms with Crippen molar-refractivity contribution in [3.8, 4) is 0 Å². The van der Waals surface area contributed by atoms with Crippen LogP contribution >= 0.6 is 7.82 Å². The van der Waals surface area contributed by atoms with Gasteiger partial charge in [0.1, 0.15) is 43.2 Å². The van der Waals surface area contributed by atoms with Crippen molar-refractivity contribution in [1.29, 1.82) is 0 Å². The molecule has 0 radical (unpaired) electrons. The Hall–Kier alpha value is -3.79. The molecule has 0 amide bonds. The molecular weight excluding hydrogens is 868 g/mol. The molecule has 0 bridgehead atoms. The molecule has 7 N–H and O–H groups in total. The largest absolute Gasteiger partial charge is 0.472 e. The highest BCUT2D eigenvalue weighted by Crippen LogP contribution is 2.47. The van der Waals surface area contributed by atoms with E-state index in [-0.39, 0.29) is 19.3 Å². The van der Waals surface area contributed by atoms with Crippen LogP contribution in [0.1, 0.15) is 123 Å². The summed E-state index contributed by atoms with van der Waals surface area (Å²) in [6.45, 7) is 2.89. The van der Waals surface area contributed by atoms with Crippen LogP contribution in [0.5, 0.6) is 0 Å². The minimum atomic E-state index is -5.21. The number of phosphoric ester groups is 1. The Balaban J connectivity index is 2.62. The molecule has 0 aromatic carbocycles. The van der Waals surface area contributed by atoms with Crippen molar-refractivity contribution in [2.24, 2.45) is 0 Å². The van der Waals surface area contributed by atoms with Crippen LogP contribution in [0, 0.1) is 0 Å². The number of hydrogen-bond donors (Lipinski definition) is 7. The number of aliphatic hydroxyl groups is 6. The molecule has 0 aromatic heterocycles. The molecule has 0 aliphatic heterocycles. The molecule has 0 heterocycles. The van der Waals surface area contributed by atoms with Crippen molar-refractivity contribution in [3.05, 3.63) is 122 Å². The Morgan fingerprint density at radius 1 is 0.561 bits per heavy atom. The lowest BCUT2D eigenvalue weighted by Gasteiger charge is -2.41. The fraction of sp³-hybridized carbons (Fsp3) is 0.569. The van der Waals surface area contributed by atoms with Gasteiger partial charge in [-0.1, -0.05) is 148 Å². The summed E-state index contributed by atoms with van der Waals surface area (Å²) >= 11 is 0. The van der Waals surface area contributed by atoms with Gasteiger partial charge in [0.25, 0.3) is 0 Å². The van der Waals surface area contributed by atoms with Gasteiger partial charge in [-0.15, -0.1) is 0 Å². The SMILES string of the molecule is CC/C=C\C/C=C\C/C=C\C/C=C\C/C=C\C=C/C(O)CCC(=O)O[C@H](COC(=O)CCC/C=C\C/C=C\C/C=C\C/C=C\CCCCC)COP(=O)(O)OC1[C@H](O)[C@H](O)C(O)[C@H](O)[C@H]1O. The summed E-state index contributed by atoms with van der Waals surface area (Å²) in [6.07, 6.45) is 38.5. The smallest absolute Gasteiger partial charge is 0.462 e. The molecule has 14 nitrogen and oxygen atoms in total. The maximum absolute atomic E-state index is 12.8. The van der Waals surface area contributed by atoms with Gasteiger partial charge in [-0.05, 0) is 83.5 Å². The maximum atomic E-state index is 12.8. The van der Waals surface area contributed by atoms with Gasteiger partial charge in [-0.25, -0.2) is 4.57 Å². The normalized spacial score (nSPS) is 22.9. The number of carbonyl (C=O) groups excluding carboxylic acids is 2. The summed E-state index contributed by atoms with van der Waals surface area (Å²) in [7, 11) is -5.21. The van der Waals surface area contributed by atoms with Crippen LogP contribution in [0.15, 0.2) is 122 Å². The fourth-order valence-corrected chi connectivity index (χ4v) is 7.07. The van der Waals surface area contributed by atoms with Gasteiger partial charge in [0.2, 0.25) is 0 Å². The summed E-state index contributed by atoms with van der Waals surface area (Å²) in [5.74, 6) is -1.46. The Morgan fingerprint density at radius 3 is 1.55 bits per heavy atom. The highest BCUT2D eigenvalue weighted by Gasteiger charge is 2.51. The second kappa shape index (κ2) is 39.2. The first kappa shape index (κ1) is 60.2. The van der Waals surface area contributed by atoms with Crippen LogP contribution in [0.2, 0.25) is 0 Å². The van der Waals surface area contributed by atoms with E-state index in [4.69, 9.17) is 18.5 Å². The molecule has 66 heavy (non-hydrogen) atoms. The van der Waals surface area contributed by atoms with Gasteiger partial charge in [0.05, 0.1) is 12.7 Å². The number of hydrogen-bond acceptors (Lipinski definition) is 13. The van der Waals surface area contributed by atoms with Crippen molar-refractivity contribution in [2.75, 3.05) is 13.2 Å². The highest BCUT2D eigenvalue weighted by atomic mass is 31.2. The van der Waals surface area contributed by atoms with E-state index in [0.717, 1.165) is 51.4 Å². The zero-order valence-electron chi connectivity index (χ0n) is 39.0. The fourth-order valence-electron chi connectivity index (χ4n) is 6.09. The molecular formula is C51H79O14P. The molecule has 1 saturated carbocycles. The zero-order chi connectivity index (χ0) is 48.7. The third kappa shape index (κ3) is 31.2. The third-order valence-electron chi connectivity index (χ3n) is 9.90. The predicted molar refractivity (Wildman–Crippen MR) is 259 cm³/mol. The first-order valence-corrected chi connectivity index (χ1v) is 24.9. The quantitative estimate of drug-likeness (QED) is 0.0103. The Kier molecular flexibility index (Phi) is 35.8. The monoisotopic (exact) mass is 947 g/mol. The molecule has 372 valence electrons. The lowest BCUT2D eigenvalue weighted by molar-refractivity contribution is -0.220. The van der Waals surface area contributed by atoms with E-state index in [1.54, 1.807) is 12.2 Å². The number of ether oxygens (including phenoxy) is 2. The molecule has 9 atom stereocenters.